The monoisotopic (exact) mass is 211 g/mol. The molecule has 0 heterocycles. The fraction of sp³-hybridized carbons (Fsp3) is 0.667. The molecule has 0 atom stereocenters. The van der Waals surface area contributed by atoms with Crippen molar-refractivity contribution in [1.82, 2.24) is 5.32 Å². The summed E-state index contributed by atoms with van der Waals surface area (Å²) in [5.41, 5.74) is 3.07. The first-order chi connectivity index (χ1) is 7.31. The Balaban J connectivity index is 3.33. The van der Waals surface area contributed by atoms with Crippen LogP contribution in [0, 0.1) is 0 Å². The zero-order valence-electron chi connectivity index (χ0n) is 9.71. The number of nitrogens with one attached hydrogen (secondary N) is 1. The van der Waals surface area contributed by atoms with Crippen molar-refractivity contribution >= 4 is 6.09 Å². The van der Waals surface area contributed by atoms with Crippen molar-refractivity contribution in [2.75, 3.05) is 13.7 Å². The number of alkyl carbamates (subject to hydrolysis) is 1. The summed E-state index contributed by atoms with van der Waals surface area (Å²) in [6.07, 6.45) is 9.11. The lowest BCUT2D eigenvalue weighted by Gasteiger charge is -1.99. The number of amides is 1. The van der Waals surface area contributed by atoms with Crippen LogP contribution >= 0.6 is 0 Å². The van der Waals surface area contributed by atoms with Crippen molar-refractivity contribution < 1.29 is 9.53 Å². The van der Waals surface area contributed by atoms with Gasteiger partial charge in [0.25, 0.3) is 0 Å². The van der Waals surface area contributed by atoms with Crippen molar-refractivity contribution in [1.29, 1.82) is 0 Å². The van der Waals surface area contributed by atoms with E-state index in [-0.39, 0.29) is 6.09 Å². The van der Waals surface area contributed by atoms with Gasteiger partial charge in [-0.05, 0) is 25.0 Å². The van der Waals surface area contributed by atoms with E-state index in [1.54, 1.807) is 7.05 Å². The van der Waals surface area contributed by atoms with Gasteiger partial charge in [-0.15, -0.1) is 5.73 Å². The molecule has 0 aromatic heterocycles. The van der Waals surface area contributed by atoms with Crippen LogP contribution in [0.3, 0.4) is 0 Å². The van der Waals surface area contributed by atoms with Gasteiger partial charge >= 0.3 is 6.09 Å². The van der Waals surface area contributed by atoms with Crippen LogP contribution in [0.25, 0.3) is 0 Å². The summed E-state index contributed by atoms with van der Waals surface area (Å²) in [7, 11) is 1.55. The molecule has 15 heavy (non-hydrogen) atoms. The molecule has 3 nitrogen and oxygen atoms in total. The summed E-state index contributed by atoms with van der Waals surface area (Å²) >= 11 is 0. The van der Waals surface area contributed by atoms with Crippen LogP contribution in [-0.4, -0.2) is 19.7 Å². The lowest BCUT2D eigenvalue weighted by Crippen LogP contribution is -2.19. The molecule has 86 valence electrons. The van der Waals surface area contributed by atoms with Crippen LogP contribution in [-0.2, 0) is 4.74 Å². The van der Waals surface area contributed by atoms with Crippen LogP contribution in [0.15, 0.2) is 17.9 Å². The molecule has 0 bridgehead atoms. The Morgan fingerprint density at radius 2 is 2.07 bits per heavy atom. The predicted molar refractivity (Wildman–Crippen MR) is 61.8 cm³/mol. The minimum Gasteiger partial charge on any atom is -0.449 e. The standard InChI is InChI=1S/C12H21NO2/c1-3-4-5-6-7-8-9-10-11-15-12(14)13-2/h7,9H,3-6,10-11H2,1-2H3,(H,13,14). The first-order valence-electron chi connectivity index (χ1n) is 5.55. The fourth-order valence-electron chi connectivity index (χ4n) is 1.03. The Bertz CT molecular complexity index is 218. The van der Waals surface area contributed by atoms with Crippen LogP contribution in [0.4, 0.5) is 4.79 Å². The molecule has 0 unspecified atom stereocenters. The highest BCUT2D eigenvalue weighted by Gasteiger charge is 1.93. The second-order valence-corrected chi connectivity index (χ2v) is 3.25. The molecule has 0 aliphatic rings. The zero-order chi connectivity index (χ0) is 11.4. The van der Waals surface area contributed by atoms with E-state index in [0.29, 0.717) is 6.61 Å². The molecule has 0 aliphatic heterocycles. The van der Waals surface area contributed by atoms with E-state index >= 15 is 0 Å². The van der Waals surface area contributed by atoms with Crippen molar-refractivity contribution in [3.8, 4) is 0 Å². The lowest BCUT2D eigenvalue weighted by atomic mass is 10.2. The molecular formula is C12H21NO2. The topological polar surface area (TPSA) is 38.3 Å². The lowest BCUT2D eigenvalue weighted by molar-refractivity contribution is 0.150. The maximum absolute atomic E-state index is 10.6. The first kappa shape index (κ1) is 13.8. The Hall–Kier alpha value is -1.21. The third-order valence-electron chi connectivity index (χ3n) is 1.89. The first-order valence-corrected chi connectivity index (χ1v) is 5.55. The summed E-state index contributed by atoms with van der Waals surface area (Å²) < 4.78 is 4.80. The molecule has 0 aromatic carbocycles. The molecule has 3 heteroatoms. The summed E-state index contributed by atoms with van der Waals surface area (Å²) in [6, 6.07) is 0. The molecule has 1 amide bonds. The molecule has 0 radical (unpaired) electrons. The Labute approximate surface area is 92.2 Å². The maximum Gasteiger partial charge on any atom is 0.406 e. The second-order valence-electron chi connectivity index (χ2n) is 3.25. The van der Waals surface area contributed by atoms with Gasteiger partial charge in [-0.3, -0.25) is 0 Å². The highest BCUT2D eigenvalue weighted by atomic mass is 16.5. The molecule has 1 N–H and O–H groups in total. The molecule has 0 aromatic rings. The Morgan fingerprint density at radius 1 is 1.33 bits per heavy atom. The minimum atomic E-state index is -0.379. The number of unbranched alkanes of at least 4 members (excludes halogenated alkanes) is 3. The summed E-state index contributed by atoms with van der Waals surface area (Å²) in [5.74, 6) is 0. The van der Waals surface area contributed by atoms with E-state index in [4.69, 9.17) is 4.74 Å². The molecule has 0 saturated heterocycles. The van der Waals surface area contributed by atoms with Gasteiger partial charge in [0.15, 0.2) is 0 Å². The minimum absolute atomic E-state index is 0.379. The van der Waals surface area contributed by atoms with Crippen LogP contribution in [0.1, 0.15) is 39.0 Å². The number of carbonyl (C=O) groups is 1. The summed E-state index contributed by atoms with van der Waals surface area (Å²) in [5, 5.41) is 2.39. The van der Waals surface area contributed by atoms with Crippen molar-refractivity contribution in [2.24, 2.45) is 0 Å². The second kappa shape index (κ2) is 10.9. The van der Waals surface area contributed by atoms with Crippen molar-refractivity contribution in [3.63, 3.8) is 0 Å². The van der Waals surface area contributed by atoms with Gasteiger partial charge in [0.05, 0.1) is 6.61 Å². The summed E-state index contributed by atoms with van der Waals surface area (Å²) in [4.78, 5) is 10.6. The molecule has 0 rings (SSSR count). The van der Waals surface area contributed by atoms with Gasteiger partial charge in [-0.1, -0.05) is 19.8 Å². The van der Waals surface area contributed by atoms with E-state index in [1.165, 1.54) is 19.3 Å². The number of hydrogen-bond acceptors (Lipinski definition) is 2. The van der Waals surface area contributed by atoms with Crippen LogP contribution in [0.2, 0.25) is 0 Å². The van der Waals surface area contributed by atoms with E-state index in [0.717, 1.165) is 12.8 Å². The van der Waals surface area contributed by atoms with Gasteiger partial charge in [-0.2, -0.15) is 0 Å². The average Bonchev–Trinajstić information content (AvgIpc) is 2.26. The molecule has 0 aliphatic carbocycles. The number of hydrogen-bond donors (Lipinski definition) is 1. The summed E-state index contributed by atoms with van der Waals surface area (Å²) in [6.45, 7) is 2.60. The van der Waals surface area contributed by atoms with Crippen LogP contribution in [0.5, 0.6) is 0 Å². The molecule has 0 fully saturated rings. The number of ether oxygens (including phenoxy) is 1. The number of rotatable bonds is 7. The zero-order valence-corrected chi connectivity index (χ0v) is 9.71. The van der Waals surface area contributed by atoms with Crippen molar-refractivity contribution in [2.45, 2.75) is 39.0 Å². The maximum atomic E-state index is 10.6. The SMILES string of the molecule is CCCCCC=C=CCCOC(=O)NC. The van der Waals surface area contributed by atoms with Gasteiger partial charge in [-0.25, -0.2) is 4.79 Å². The fourth-order valence-corrected chi connectivity index (χ4v) is 1.03. The Morgan fingerprint density at radius 3 is 2.73 bits per heavy atom. The van der Waals surface area contributed by atoms with E-state index < -0.39 is 0 Å². The quantitative estimate of drug-likeness (QED) is 0.519. The van der Waals surface area contributed by atoms with Gasteiger partial charge in [0.2, 0.25) is 0 Å². The highest BCUT2D eigenvalue weighted by molar-refractivity contribution is 5.66. The molecule has 0 spiro atoms. The average molecular weight is 211 g/mol. The highest BCUT2D eigenvalue weighted by Crippen LogP contribution is 1.98. The predicted octanol–water partition coefficient (Wildman–Crippen LogP) is 3.02. The third-order valence-corrected chi connectivity index (χ3v) is 1.89. The largest absolute Gasteiger partial charge is 0.449 e. The van der Waals surface area contributed by atoms with Crippen LogP contribution < -0.4 is 5.32 Å². The molecule has 0 saturated carbocycles. The smallest absolute Gasteiger partial charge is 0.406 e. The number of carbonyl (C=O) groups excluding carboxylic acids is 1. The molecular weight excluding hydrogens is 190 g/mol. The third kappa shape index (κ3) is 10.7. The Kier molecular flexibility index (Phi) is 9.99. The van der Waals surface area contributed by atoms with Crippen molar-refractivity contribution in [3.05, 3.63) is 17.9 Å². The van der Waals surface area contributed by atoms with E-state index in [9.17, 15) is 4.79 Å². The van der Waals surface area contributed by atoms with E-state index in [2.05, 4.69) is 18.0 Å². The van der Waals surface area contributed by atoms with E-state index in [1.807, 2.05) is 12.2 Å². The normalized spacial score (nSPS) is 8.93. The van der Waals surface area contributed by atoms with Gasteiger partial charge in [0.1, 0.15) is 0 Å². The van der Waals surface area contributed by atoms with Gasteiger partial charge < -0.3 is 10.1 Å². The van der Waals surface area contributed by atoms with Gasteiger partial charge in [0, 0.05) is 13.5 Å².